The Morgan fingerprint density at radius 1 is 1.16 bits per heavy atom. The second kappa shape index (κ2) is 5.68. The molecule has 1 aromatic rings. The van der Waals surface area contributed by atoms with Crippen LogP contribution in [0.25, 0.3) is 0 Å². The summed E-state index contributed by atoms with van der Waals surface area (Å²) in [5.41, 5.74) is 1.06. The van der Waals surface area contributed by atoms with Crippen LogP contribution in [0.3, 0.4) is 0 Å². The second-order valence-electron chi connectivity index (χ2n) is 5.17. The van der Waals surface area contributed by atoms with E-state index in [2.05, 4.69) is 12.2 Å². The molecular formula is C16H18O3. The van der Waals surface area contributed by atoms with Gasteiger partial charge in [-0.05, 0) is 24.3 Å². The Bertz CT molecular complexity index is 466. The van der Waals surface area contributed by atoms with Gasteiger partial charge >= 0.3 is 0 Å². The highest BCUT2D eigenvalue weighted by atomic mass is 16.7. The molecule has 3 atom stereocenters. The number of carbonyl (C=O) groups is 1. The van der Waals surface area contributed by atoms with Crippen molar-refractivity contribution in [3.8, 4) is 0 Å². The lowest BCUT2D eigenvalue weighted by atomic mass is 9.79. The van der Waals surface area contributed by atoms with E-state index in [9.17, 15) is 4.79 Å². The maximum atomic E-state index is 12.3. The molecule has 1 aliphatic heterocycles. The van der Waals surface area contributed by atoms with Crippen molar-refractivity contribution in [2.75, 3.05) is 6.61 Å². The third kappa shape index (κ3) is 2.77. The number of ether oxygens (including phenoxy) is 2. The molecule has 0 saturated carbocycles. The fourth-order valence-corrected chi connectivity index (χ4v) is 2.75. The van der Waals surface area contributed by atoms with Gasteiger partial charge in [-0.2, -0.15) is 0 Å². The second-order valence-corrected chi connectivity index (χ2v) is 5.17. The number of benzene rings is 1. The quantitative estimate of drug-likeness (QED) is 0.782. The molecule has 1 fully saturated rings. The van der Waals surface area contributed by atoms with Gasteiger partial charge in [-0.3, -0.25) is 4.79 Å². The molecule has 1 aliphatic carbocycles. The maximum absolute atomic E-state index is 12.3. The fraction of sp³-hybridized carbons (Fsp3) is 0.438. The summed E-state index contributed by atoms with van der Waals surface area (Å²) in [4.78, 5) is 12.3. The van der Waals surface area contributed by atoms with Crippen LogP contribution in [0.15, 0.2) is 42.5 Å². The molecule has 0 spiro atoms. The average molecular weight is 258 g/mol. The molecule has 1 saturated heterocycles. The number of hydrogen-bond donors (Lipinski definition) is 0. The molecule has 0 amide bonds. The van der Waals surface area contributed by atoms with Gasteiger partial charge in [-0.1, -0.05) is 42.5 Å². The van der Waals surface area contributed by atoms with Crippen LogP contribution >= 0.6 is 0 Å². The molecule has 3 rings (SSSR count). The van der Waals surface area contributed by atoms with Crippen molar-refractivity contribution in [2.24, 2.45) is 11.8 Å². The van der Waals surface area contributed by atoms with Crippen LogP contribution < -0.4 is 0 Å². The Kier molecular flexibility index (Phi) is 3.76. The smallest absolute Gasteiger partial charge is 0.218 e. The van der Waals surface area contributed by atoms with Crippen molar-refractivity contribution in [1.82, 2.24) is 0 Å². The van der Waals surface area contributed by atoms with Crippen LogP contribution in [0.2, 0.25) is 0 Å². The highest BCUT2D eigenvalue weighted by Crippen LogP contribution is 2.32. The Labute approximate surface area is 113 Å². The van der Waals surface area contributed by atoms with E-state index in [0.29, 0.717) is 19.1 Å². The summed E-state index contributed by atoms with van der Waals surface area (Å²) in [5, 5.41) is 0. The van der Waals surface area contributed by atoms with Crippen LogP contribution in [-0.4, -0.2) is 18.7 Å². The summed E-state index contributed by atoms with van der Waals surface area (Å²) in [6.07, 6.45) is 5.33. The van der Waals surface area contributed by atoms with Crippen molar-refractivity contribution in [3.05, 3.63) is 48.0 Å². The van der Waals surface area contributed by atoms with E-state index in [1.807, 2.05) is 30.3 Å². The third-order valence-corrected chi connectivity index (χ3v) is 3.87. The minimum atomic E-state index is -0.687. The number of allylic oxidation sites excluding steroid dienone is 2. The SMILES string of the molecule is O=C1[C@H](OCc2ccccc2)OC[C@H]2CC=CC[C@@H]12. The van der Waals surface area contributed by atoms with Crippen molar-refractivity contribution in [1.29, 1.82) is 0 Å². The van der Waals surface area contributed by atoms with Crippen LogP contribution in [0.1, 0.15) is 18.4 Å². The molecule has 0 N–H and O–H groups in total. The number of Topliss-reactive ketones (excluding diaryl/α,β-unsaturated/α-hetero) is 1. The molecule has 3 heteroatoms. The Balaban J connectivity index is 1.60. The lowest BCUT2D eigenvalue weighted by Crippen LogP contribution is -2.44. The molecule has 3 nitrogen and oxygen atoms in total. The van der Waals surface area contributed by atoms with Crippen molar-refractivity contribution < 1.29 is 14.3 Å². The number of fused-ring (bicyclic) bond motifs is 1. The Morgan fingerprint density at radius 2 is 1.95 bits per heavy atom. The first-order valence-corrected chi connectivity index (χ1v) is 6.80. The van der Waals surface area contributed by atoms with E-state index < -0.39 is 6.29 Å². The van der Waals surface area contributed by atoms with Gasteiger partial charge in [0, 0.05) is 5.92 Å². The van der Waals surface area contributed by atoms with Crippen molar-refractivity contribution in [2.45, 2.75) is 25.7 Å². The van der Waals surface area contributed by atoms with Gasteiger partial charge in [-0.25, -0.2) is 0 Å². The highest BCUT2D eigenvalue weighted by molar-refractivity contribution is 5.85. The summed E-state index contributed by atoms with van der Waals surface area (Å²) in [6, 6.07) is 9.86. The fourth-order valence-electron chi connectivity index (χ4n) is 2.75. The van der Waals surface area contributed by atoms with Crippen molar-refractivity contribution in [3.63, 3.8) is 0 Å². The zero-order chi connectivity index (χ0) is 13.1. The van der Waals surface area contributed by atoms with Gasteiger partial charge < -0.3 is 9.47 Å². The lowest BCUT2D eigenvalue weighted by molar-refractivity contribution is -0.198. The predicted octanol–water partition coefficient (Wildman–Crippen LogP) is 2.71. The average Bonchev–Trinajstić information content (AvgIpc) is 2.48. The Morgan fingerprint density at radius 3 is 2.79 bits per heavy atom. The van der Waals surface area contributed by atoms with Crippen LogP contribution in [0, 0.1) is 11.8 Å². The van der Waals surface area contributed by atoms with Gasteiger partial charge in [0.05, 0.1) is 13.2 Å². The van der Waals surface area contributed by atoms with E-state index in [4.69, 9.17) is 9.47 Å². The first kappa shape index (κ1) is 12.6. The third-order valence-electron chi connectivity index (χ3n) is 3.87. The molecule has 0 aromatic heterocycles. The van der Waals surface area contributed by atoms with Gasteiger partial charge in [-0.15, -0.1) is 0 Å². The van der Waals surface area contributed by atoms with Gasteiger partial charge in [0.25, 0.3) is 0 Å². The van der Waals surface area contributed by atoms with E-state index >= 15 is 0 Å². The van der Waals surface area contributed by atoms with Gasteiger partial charge in [0.15, 0.2) is 5.78 Å². The minimum absolute atomic E-state index is 0.0829. The predicted molar refractivity (Wildman–Crippen MR) is 71.3 cm³/mol. The molecule has 2 aliphatic rings. The number of carbonyl (C=O) groups excluding carboxylic acids is 1. The van der Waals surface area contributed by atoms with E-state index in [1.165, 1.54) is 0 Å². The number of ketones is 1. The molecule has 19 heavy (non-hydrogen) atoms. The van der Waals surface area contributed by atoms with Crippen LogP contribution in [-0.2, 0) is 20.9 Å². The highest BCUT2D eigenvalue weighted by Gasteiger charge is 2.39. The van der Waals surface area contributed by atoms with Gasteiger partial charge in [0.1, 0.15) is 0 Å². The molecule has 0 radical (unpaired) electrons. The molecular weight excluding hydrogens is 240 g/mol. The van der Waals surface area contributed by atoms with Crippen molar-refractivity contribution >= 4 is 5.78 Å². The van der Waals surface area contributed by atoms with Crippen LogP contribution in [0.4, 0.5) is 0 Å². The monoisotopic (exact) mass is 258 g/mol. The number of hydrogen-bond acceptors (Lipinski definition) is 3. The summed E-state index contributed by atoms with van der Waals surface area (Å²) in [6.45, 7) is 1.05. The topological polar surface area (TPSA) is 35.5 Å². The molecule has 0 bridgehead atoms. The zero-order valence-corrected chi connectivity index (χ0v) is 10.8. The lowest BCUT2D eigenvalue weighted by Gasteiger charge is -2.35. The van der Waals surface area contributed by atoms with E-state index in [0.717, 1.165) is 18.4 Å². The van der Waals surface area contributed by atoms with Crippen LogP contribution in [0.5, 0.6) is 0 Å². The van der Waals surface area contributed by atoms with Gasteiger partial charge in [0.2, 0.25) is 6.29 Å². The summed E-state index contributed by atoms with van der Waals surface area (Å²) in [5.74, 6) is 0.533. The molecule has 1 heterocycles. The summed E-state index contributed by atoms with van der Waals surface area (Å²) in [7, 11) is 0. The molecule has 1 aromatic carbocycles. The summed E-state index contributed by atoms with van der Waals surface area (Å²) < 4.78 is 11.2. The normalized spacial score (nSPS) is 30.1. The largest absolute Gasteiger partial charge is 0.346 e. The minimum Gasteiger partial charge on any atom is -0.346 e. The zero-order valence-electron chi connectivity index (χ0n) is 10.8. The Hall–Kier alpha value is -1.45. The first-order chi connectivity index (χ1) is 9.34. The van der Waals surface area contributed by atoms with E-state index in [-0.39, 0.29) is 11.7 Å². The number of rotatable bonds is 3. The summed E-state index contributed by atoms with van der Waals surface area (Å²) >= 11 is 0. The standard InChI is InChI=1S/C16H18O3/c17-15-14-9-5-4-8-13(14)11-19-16(15)18-10-12-6-2-1-3-7-12/h1-7,13-14,16H,8-11H2/t13-,14-,16-/m1/s1. The molecule has 100 valence electrons. The molecule has 0 unspecified atom stereocenters. The maximum Gasteiger partial charge on any atom is 0.218 e. The van der Waals surface area contributed by atoms with E-state index in [1.54, 1.807) is 0 Å². The first-order valence-electron chi connectivity index (χ1n) is 6.80.